The van der Waals surface area contributed by atoms with Crippen molar-refractivity contribution in [3.05, 3.63) is 151 Å². The molecule has 182 valence electrons. The van der Waals surface area contributed by atoms with Crippen LogP contribution in [0.25, 0.3) is 6.08 Å². The van der Waals surface area contributed by atoms with Gasteiger partial charge in [0.15, 0.2) is 5.78 Å². The number of hydrogen-bond donors (Lipinski definition) is 0. The fourth-order valence-electron chi connectivity index (χ4n) is 4.58. The summed E-state index contributed by atoms with van der Waals surface area (Å²) in [5, 5.41) is 3.90. The Balaban J connectivity index is 1.49. The quantitative estimate of drug-likeness (QED) is 0.128. The normalized spacial score (nSPS) is 11.5. The van der Waals surface area contributed by atoms with E-state index in [1.807, 2.05) is 12.1 Å². The smallest absolute Gasteiger partial charge is 0.185 e. The lowest BCUT2D eigenvalue weighted by Gasteiger charge is -2.26. The van der Waals surface area contributed by atoms with Crippen LogP contribution < -0.4 is 20.7 Å². The van der Waals surface area contributed by atoms with Crippen molar-refractivity contribution in [1.29, 1.82) is 0 Å². The molecule has 37 heavy (non-hydrogen) atoms. The Morgan fingerprint density at radius 3 is 1.70 bits per heavy atom. The molecule has 0 bridgehead atoms. The number of benzene rings is 4. The Hall–Kier alpha value is -4.20. The van der Waals surface area contributed by atoms with Crippen LogP contribution in [0.3, 0.4) is 0 Å². The van der Waals surface area contributed by atoms with E-state index in [1.165, 1.54) is 15.9 Å². The van der Waals surface area contributed by atoms with E-state index in [9.17, 15) is 4.79 Å². The van der Waals surface area contributed by atoms with Crippen LogP contribution in [0.1, 0.15) is 21.9 Å². The maximum Gasteiger partial charge on any atom is 0.185 e. The standard InChI is InChI=1S/C33H28O3P/c1-35-27-19-17-26(18-20-27)33(34)24-23-28-21-22-29(36-28)25-37(30-11-5-2-6-12-30,31-13-7-3-8-14-31)32-15-9-4-10-16-32/h2-24H,25H2,1H3/q+1. The van der Waals surface area contributed by atoms with Gasteiger partial charge in [0.1, 0.15) is 46.6 Å². The molecule has 4 aromatic carbocycles. The Kier molecular flexibility index (Phi) is 7.44. The van der Waals surface area contributed by atoms with Crippen LogP contribution >= 0.6 is 7.26 Å². The minimum Gasteiger partial charge on any atom is -0.497 e. The van der Waals surface area contributed by atoms with Crippen molar-refractivity contribution in [3.8, 4) is 5.75 Å². The molecule has 0 fully saturated rings. The van der Waals surface area contributed by atoms with Crippen LogP contribution in [0.4, 0.5) is 0 Å². The van der Waals surface area contributed by atoms with Crippen molar-refractivity contribution in [2.45, 2.75) is 6.16 Å². The molecule has 0 aliphatic heterocycles. The Morgan fingerprint density at radius 1 is 0.703 bits per heavy atom. The molecule has 0 unspecified atom stereocenters. The molecule has 0 saturated carbocycles. The molecule has 5 aromatic rings. The second-order valence-corrected chi connectivity index (χ2v) is 12.2. The molecule has 1 heterocycles. The lowest BCUT2D eigenvalue weighted by atomic mass is 10.1. The first-order valence-corrected chi connectivity index (χ1v) is 14.2. The van der Waals surface area contributed by atoms with Crippen LogP contribution in [0.2, 0.25) is 0 Å². The number of furan rings is 1. The Morgan fingerprint density at radius 2 is 1.22 bits per heavy atom. The van der Waals surface area contributed by atoms with Crippen molar-refractivity contribution < 1.29 is 13.9 Å². The van der Waals surface area contributed by atoms with Gasteiger partial charge in [-0.2, -0.15) is 0 Å². The number of carbonyl (C=O) groups is 1. The van der Waals surface area contributed by atoms with Crippen LogP contribution in [0, 0.1) is 0 Å². The number of allylic oxidation sites excluding steroid dienone is 1. The maximum atomic E-state index is 12.6. The summed E-state index contributed by atoms with van der Waals surface area (Å²) in [5.41, 5.74) is 0.603. The predicted molar refractivity (Wildman–Crippen MR) is 154 cm³/mol. The van der Waals surface area contributed by atoms with E-state index in [2.05, 4.69) is 91.0 Å². The minimum atomic E-state index is -2.05. The highest BCUT2D eigenvalue weighted by Crippen LogP contribution is 2.58. The largest absolute Gasteiger partial charge is 0.497 e. The molecule has 1 aromatic heterocycles. The topological polar surface area (TPSA) is 39.4 Å². The lowest BCUT2D eigenvalue weighted by molar-refractivity contribution is 0.104. The summed E-state index contributed by atoms with van der Waals surface area (Å²) in [5.74, 6) is 2.18. The molecule has 0 saturated heterocycles. The third-order valence-electron chi connectivity index (χ3n) is 6.44. The molecule has 0 radical (unpaired) electrons. The Bertz CT molecular complexity index is 1370. The van der Waals surface area contributed by atoms with Crippen molar-refractivity contribution >= 4 is 35.0 Å². The van der Waals surface area contributed by atoms with E-state index >= 15 is 0 Å². The highest BCUT2D eigenvalue weighted by Gasteiger charge is 2.46. The van der Waals surface area contributed by atoms with Gasteiger partial charge < -0.3 is 9.15 Å². The molecule has 0 aliphatic carbocycles. The van der Waals surface area contributed by atoms with Crippen molar-refractivity contribution in [3.63, 3.8) is 0 Å². The van der Waals surface area contributed by atoms with Gasteiger partial charge in [-0.1, -0.05) is 54.6 Å². The summed E-state index contributed by atoms with van der Waals surface area (Å²) >= 11 is 0. The summed E-state index contributed by atoms with van der Waals surface area (Å²) in [6.07, 6.45) is 4.04. The van der Waals surface area contributed by atoms with E-state index in [-0.39, 0.29) is 5.78 Å². The first-order valence-electron chi connectivity index (χ1n) is 12.2. The average Bonchev–Trinajstić information content (AvgIpc) is 3.43. The number of methoxy groups -OCH3 is 1. The van der Waals surface area contributed by atoms with Crippen LogP contribution in [-0.2, 0) is 6.16 Å². The number of ether oxygens (including phenoxy) is 1. The zero-order valence-corrected chi connectivity index (χ0v) is 21.6. The number of rotatable bonds is 9. The maximum absolute atomic E-state index is 12.6. The highest BCUT2D eigenvalue weighted by molar-refractivity contribution is 7.95. The van der Waals surface area contributed by atoms with Gasteiger partial charge in [-0.15, -0.1) is 0 Å². The van der Waals surface area contributed by atoms with E-state index in [1.54, 1.807) is 43.5 Å². The average molecular weight is 504 g/mol. The fourth-order valence-corrected chi connectivity index (χ4v) is 8.70. The van der Waals surface area contributed by atoms with Crippen LogP contribution in [0.15, 0.2) is 138 Å². The van der Waals surface area contributed by atoms with Crippen molar-refractivity contribution in [2.75, 3.05) is 7.11 Å². The molecule has 0 aliphatic rings. The van der Waals surface area contributed by atoms with Crippen LogP contribution in [-0.4, -0.2) is 12.9 Å². The van der Waals surface area contributed by atoms with E-state index in [4.69, 9.17) is 9.15 Å². The first-order chi connectivity index (χ1) is 18.2. The third-order valence-corrected chi connectivity index (χ3v) is 10.8. The third kappa shape index (κ3) is 5.33. The summed E-state index contributed by atoms with van der Waals surface area (Å²) < 4.78 is 11.5. The highest BCUT2D eigenvalue weighted by atomic mass is 31.2. The van der Waals surface area contributed by atoms with Gasteiger partial charge >= 0.3 is 0 Å². The van der Waals surface area contributed by atoms with Gasteiger partial charge in [0.05, 0.1) is 7.11 Å². The minimum absolute atomic E-state index is 0.0830. The predicted octanol–water partition coefficient (Wildman–Crippen LogP) is 6.68. The number of carbonyl (C=O) groups excluding carboxylic acids is 1. The second-order valence-electron chi connectivity index (χ2n) is 8.70. The number of hydrogen-bond acceptors (Lipinski definition) is 3. The second kappa shape index (κ2) is 11.2. The lowest BCUT2D eigenvalue weighted by Crippen LogP contribution is -2.32. The van der Waals surface area contributed by atoms with Gasteiger partial charge in [0.25, 0.3) is 0 Å². The molecular formula is C33H28O3P+. The molecule has 0 N–H and O–H groups in total. The summed E-state index contributed by atoms with van der Waals surface area (Å²) in [7, 11) is -0.445. The molecule has 5 rings (SSSR count). The monoisotopic (exact) mass is 503 g/mol. The van der Waals surface area contributed by atoms with Crippen molar-refractivity contribution in [2.24, 2.45) is 0 Å². The van der Waals surface area contributed by atoms with Crippen LogP contribution in [0.5, 0.6) is 5.75 Å². The van der Waals surface area contributed by atoms with E-state index in [0.717, 1.165) is 17.7 Å². The van der Waals surface area contributed by atoms with E-state index < -0.39 is 7.26 Å². The molecule has 0 amide bonds. The summed E-state index contributed by atoms with van der Waals surface area (Å²) in [4.78, 5) is 12.6. The molecule has 3 nitrogen and oxygen atoms in total. The molecule has 4 heteroatoms. The van der Waals surface area contributed by atoms with E-state index in [0.29, 0.717) is 11.3 Å². The van der Waals surface area contributed by atoms with Gasteiger partial charge in [-0.3, -0.25) is 4.79 Å². The summed E-state index contributed by atoms with van der Waals surface area (Å²) in [6, 6.07) is 43.2. The first kappa shape index (κ1) is 24.5. The van der Waals surface area contributed by atoms with Gasteiger partial charge in [0, 0.05) is 5.56 Å². The van der Waals surface area contributed by atoms with Crippen molar-refractivity contribution in [1.82, 2.24) is 0 Å². The number of ketones is 1. The summed E-state index contributed by atoms with van der Waals surface area (Å²) in [6.45, 7) is 0. The van der Waals surface area contributed by atoms with Gasteiger partial charge in [-0.25, -0.2) is 0 Å². The Labute approximate surface area is 218 Å². The SMILES string of the molecule is COc1ccc(C(=O)C=Cc2ccc(C[P+](c3ccccc3)(c3ccccc3)c3ccccc3)o2)cc1. The molecular weight excluding hydrogens is 475 g/mol. The van der Waals surface area contributed by atoms with Gasteiger partial charge in [0.2, 0.25) is 0 Å². The molecule has 0 atom stereocenters. The van der Waals surface area contributed by atoms with Gasteiger partial charge in [-0.05, 0) is 84.9 Å². The molecule has 0 spiro atoms. The fraction of sp³-hybridized carbons (Fsp3) is 0.0606. The zero-order chi connectivity index (χ0) is 25.5. The zero-order valence-electron chi connectivity index (χ0n) is 20.7.